The van der Waals surface area contributed by atoms with Gasteiger partial charge in [0.1, 0.15) is 5.82 Å². The summed E-state index contributed by atoms with van der Waals surface area (Å²) in [5, 5.41) is 9.57. The molecule has 20 heavy (non-hydrogen) atoms. The lowest BCUT2D eigenvalue weighted by atomic mass is 9.76. The highest BCUT2D eigenvalue weighted by Gasteiger charge is 2.47. The van der Waals surface area contributed by atoms with Crippen LogP contribution in [0.4, 0.5) is 11.8 Å². The largest absolute Gasteiger partial charge is 0.481 e. The first-order chi connectivity index (χ1) is 9.36. The first kappa shape index (κ1) is 14.6. The van der Waals surface area contributed by atoms with Crippen molar-refractivity contribution in [1.82, 2.24) is 9.97 Å². The monoisotopic (exact) mass is 278 g/mol. The van der Waals surface area contributed by atoms with E-state index < -0.39 is 11.4 Å². The van der Waals surface area contributed by atoms with E-state index in [1.54, 1.807) is 6.20 Å². The lowest BCUT2D eigenvalue weighted by Gasteiger charge is -2.29. The normalized spacial score (nSPS) is 22.4. The summed E-state index contributed by atoms with van der Waals surface area (Å²) in [6.45, 7) is 5.17. The molecule has 2 heterocycles. The summed E-state index contributed by atoms with van der Waals surface area (Å²) in [5.41, 5.74) is -0.677. The van der Waals surface area contributed by atoms with Crippen LogP contribution in [0, 0.1) is 11.3 Å². The number of aromatic nitrogens is 2. The molecule has 1 saturated heterocycles. The van der Waals surface area contributed by atoms with Gasteiger partial charge in [-0.15, -0.1) is 0 Å². The number of carboxylic acid groups (broad SMARTS) is 1. The molecule has 0 bridgehead atoms. The van der Waals surface area contributed by atoms with Crippen molar-refractivity contribution in [3.63, 3.8) is 0 Å². The van der Waals surface area contributed by atoms with Crippen molar-refractivity contribution in [2.24, 2.45) is 11.3 Å². The Morgan fingerprint density at radius 2 is 2.20 bits per heavy atom. The first-order valence-electron chi connectivity index (χ1n) is 6.85. The van der Waals surface area contributed by atoms with Crippen LogP contribution in [0.15, 0.2) is 12.3 Å². The molecule has 110 valence electrons. The van der Waals surface area contributed by atoms with Gasteiger partial charge in [0.05, 0.1) is 5.41 Å². The van der Waals surface area contributed by atoms with Crippen LogP contribution in [0.3, 0.4) is 0 Å². The molecule has 1 aliphatic rings. The van der Waals surface area contributed by atoms with E-state index in [9.17, 15) is 9.90 Å². The van der Waals surface area contributed by atoms with Crippen molar-refractivity contribution in [3.05, 3.63) is 12.3 Å². The Kier molecular flexibility index (Phi) is 3.83. The average Bonchev–Trinajstić information content (AvgIpc) is 2.85. The topological polar surface area (TPSA) is 69.6 Å². The second-order valence-corrected chi connectivity index (χ2v) is 5.90. The number of carboxylic acids is 1. The molecule has 1 N–H and O–H groups in total. The number of rotatable bonds is 4. The van der Waals surface area contributed by atoms with Gasteiger partial charge in [0.25, 0.3) is 0 Å². The van der Waals surface area contributed by atoms with E-state index in [1.807, 2.05) is 43.8 Å². The van der Waals surface area contributed by atoms with Crippen LogP contribution < -0.4 is 9.80 Å². The van der Waals surface area contributed by atoms with Crippen molar-refractivity contribution in [2.45, 2.75) is 20.3 Å². The predicted molar refractivity (Wildman–Crippen MR) is 78.1 cm³/mol. The van der Waals surface area contributed by atoms with E-state index in [-0.39, 0.29) is 5.92 Å². The van der Waals surface area contributed by atoms with E-state index in [0.717, 1.165) is 5.82 Å². The molecule has 0 saturated carbocycles. The minimum atomic E-state index is -0.711. The second kappa shape index (κ2) is 5.26. The third kappa shape index (κ3) is 2.42. The molecule has 6 heteroatoms. The van der Waals surface area contributed by atoms with Crippen molar-refractivity contribution >= 4 is 17.7 Å². The molecule has 0 aliphatic carbocycles. The van der Waals surface area contributed by atoms with Crippen molar-refractivity contribution in [3.8, 4) is 0 Å². The maximum atomic E-state index is 11.6. The molecule has 2 rings (SSSR count). The zero-order valence-corrected chi connectivity index (χ0v) is 12.5. The fourth-order valence-corrected chi connectivity index (χ4v) is 2.65. The first-order valence-corrected chi connectivity index (χ1v) is 6.85. The molecule has 0 aromatic carbocycles. The van der Waals surface area contributed by atoms with Gasteiger partial charge in [-0.1, -0.05) is 13.8 Å². The Bertz CT molecular complexity index is 504. The molecular formula is C14H22N4O2. The molecule has 1 aromatic rings. The molecule has 0 amide bonds. The van der Waals surface area contributed by atoms with Gasteiger partial charge in [0, 0.05) is 33.4 Å². The van der Waals surface area contributed by atoms with Gasteiger partial charge in [0.2, 0.25) is 5.95 Å². The SMILES string of the molecule is CC(C)C1(C(=O)O)CCN(c2ccnc(N(C)C)n2)C1. The van der Waals surface area contributed by atoms with Crippen molar-refractivity contribution in [2.75, 3.05) is 37.0 Å². The highest BCUT2D eigenvalue weighted by atomic mass is 16.4. The highest BCUT2D eigenvalue weighted by Crippen LogP contribution is 2.39. The van der Waals surface area contributed by atoms with Gasteiger partial charge in [-0.2, -0.15) is 4.98 Å². The number of hydrogen-bond donors (Lipinski definition) is 1. The van der Waals surface area contributed by atoms with E-state index in [0.29, 0.717) is 25.5 Å². The molecule has 1 unspecified atom stereocenters. The second-order valence-electron chi connectivity index (χ2n) is 5.90. The average molecular weight is 278 g/mol. The maximum absolute atomic E-state index is 11.6. The molecule has 1 aliphatic heterocycles. The van der Waals surface area contributed by atoms with Crippen molar-refractivity contribution < 1.29 is 9.90 Å². The fraction of sp³-hybridized carbons (Fsp3) is 0.643. The minimum Gasteiger partial charge on any atom is -0.481 e. The molecule has 6 nitrogen and oxygen atoms in total. The molecule has 1 aromatic heterocycles. The summed E-state index contributed by atoms with van der Waals surface area (Å²) in [7, 11) is 3.78. The van der Waals surface area contributed by atoms with Crippen LogP contribution in [-0.2, 0) is 4.79 Å². The Morgan fingerprint density at radius 1 is 1.50 bits per heavy atom. The van der Waals surface area contributed by atoms with E-state index in [1.165, 1.54) is 0 Å². The van der Waals surface area contributed by atoms with E-state index in [4.69, 9.17) is 0 Å². The Morgan fingerprint density at radius 3 is 2.70 bits per heavy atom. The van der Waals surface area contributed by atoms with Gasteiger partial charge in [-0.3, -0.25) is 4.79 Å². The van der Waals surface area contributed by atoms with Gasteiger partial charge in [-0.25, -0.2) is 4.98 Å². The number of carbonyl (C=O) groups is 1. The van der Waals surface area contributed by atoms with Gasteiger partial charge in [0.15, 0.2) is 0 Å². The molecular weight excluding hydrogens is 256 g/mol. The van der Waals surface area contributed by atoms with Crippen LogP contribution in [0.25, 0.3) is 0 Å². The van der Waals surface area contributed by atoms with E-state index in [2.05, 4.69) is 9.97 Å². The van der Waals surface area contributed by atoms with E-state index >= 15 is 0 Å². The summed E-state index contributed by atoms with van der Waals surface area (Å²) in [5.74, 6) is 0.824. The maximum Gasteiger partial charge on any atom is 0.311 e. The number of nitrogens with zero attached hydrogens (tertiary/aromatic N) is 4. The third-order valence-corrected chi connectivity index (χ3v) is 4.18. The Hall–Kier alpha value is -1.85. The quantitative estimate of drug-likeness (QED) is 0.899. The van der Waals surface area contributed by atoms with Crippen LogP contribution in [-0.4, -0.2) is 48.2 Å². The predicted octanol–water partition coefficient (Wildman–Crippen LogP) is 1.48. The number of anilines is 2. The summed E-state index contributed by atoms with van der Waals surface area (Å²) in [6, 6.07) is 1.84. The lowest BCUT2D eigenvalue weighted by Crippen LogP contribution is -2.39. The van der Waals surface area contributed by atoms with Crippen molar-refractivity contribution in [1.29, 1.82) is 0 Å². The summed E-state index contributed by atoms with van der Waals surface area (Å²) >= 11 is 0. The lowest BCUT2D eigenvalue weighted by molar-refractivity contribution is -0.150. The number of hydrogen-bond acceptors (Lipinski definition) is 5. The minimum absolute atomic E-state index is 0.0974. The van der Waals surface area contributed by atoms with Crippen LogP contribution >= 0.6 is 0 Å². The van der Waals surface area contributed by atoms with Gasteiger partial charge < -0.3 is 14.9 Å². The molecule has 0 radical (unpaired) electrons. The van der Waals surface area contributed by atoms with Crippen LogP contribution in [0.5, 0.6) is 0 Å². The van der Waals surface area contributed by atoms with Crippen LogP contribution in [0.1, 0.15) is 20.3 Å². The third-order valence-electron chi connectivity index (χ3n) is 4.18. The smallest absolute Gasteiger partial charge is 0.311 e. The Balaban J connectivity index is 2.25. The summed E-state index contributed by atoms with van der Waals surface area (Å²) < 4.78 is 0. The highest BCUT2D eigenvalue weighted by molar-refractivity contribution is 5.77. The summed E-state index contributed by atoms with van der Waals surface area (Å²) in [6.07, 6.45) is 2.37. The van der Waals surface area contributed by atoms with Gasteiger partial charge >= 0.3 is 5.97 Å². The zero-order valence-electron chi connectivity index (χ0n) is 12.5. The molecule has 1 atom stereocenters. The fourth-order valence-electron chi connectivity index (χ4n) is 2.65. The van der Waals surface area contributed by atoms with Crippen LogP contribution in [0.2, 0.25) is 0 Å². The summed E-state index contributed by atoms with van der Waals surface area (Å²) in [4.78, 5) is 24.2. The zero-order chi connectivity index (χ0) is 14.9. The van der Waals surface area contributed by atoms with Gasteiger partial charge in [-0.05, 0) is 18.4 Å². The Labute approximate surface area is 119 Å². The standard InChI is InChI=1S/C14H22N4O2/c1-10(2)14(12(19)20)6-8-18(9-14)11-5-7-15-13(16-11)17(3)4/h5,7,10H,6,8-9H2,1-4H3,(H,19,20). The molecule has 0 spiro atoms. The number of aliphatic carboxylic acids is 1. The molecule has 1 fully saturated rings.